The molecule has 0 saturated carbocycles. The summed E-state index contributed by atoms with van der Waals surface area (Å²) in [7, 11) is -2.11. The number of rotatable bonds is 1. The normalized spacial score (nSPS) is 11.5. The van der Waals surface area contributed by atoms with E-state index < -0.39 is 30.1 Å². The van der Waals surface area contributed by atoms with Crippen molar-refractivity contribution in [2.45, 2.75) is 6.18 Å². The highest BCUT2D eigenvalue weighted by molar-refractivity contribution is 6.59. The molecule has 76 valence electrons. The van der Waals surface area contributed by atoms with Crippen LogP contribution in [0, 0.1) is 0 Å². The van der Waals surface area contributed by atoms with Gasteiger partial charge in [0.25, 0.3) is 0 Å². The molecule has 0 unspecified atom stereocenters. The van der Waals surface area contributed by atoms with Gasteiger partial charge in [-0.3, -0.25) is 4.98 Å². The van der Waals surface area contributed by atoms with Gasteiger partial charge in [0.2, 0.25) is 0 Å². The maximum Gasteiger partial charge on any atom is 0.510 e. The van der Waals surface area contributed by atoms with Gasteiger partial charge >= 0.3 is 13.3 Å². The summed E-state index contributed by atoms with van der Waals surface area (Å²) >= 11 is 0. The van der Waals surface area contributed by atoms with E-state index in [1.165, 1.54) is 0 Å². The number of halogens is 3. The van der Waals surface area contributed by atoms with Gasteiger partial charge in [-0.15, -0.1) is 0 Å². The Morgan fingerprint density at radius 3 is 2.36 bits per heavy atom. The van der Waals surface area contributed by atoms with E-state index in [0.29, 0.717) is 6.07 Å². The molecule has 0 radical (unpaired) electrons. The highest BCUT2D eigenvalue weighted by Crippen LogP contribution is 2.31. The molecule has 4 N–H and O–H groups in total. The van der Waals surface area contributed by atoms with Crippen LogP contribution < -0.4 is 11.3 Å². The van der Waals surface area contributed by atoms with Crippen molar-refractivity contribution in [3.8, 4) is 0 Å². The minimum atomic E-state index is -4.63. The summed E-state index contributed by atoms with van der Waals surface area (Å²) in [6.45, 7) is 0. The molecule has 1 aromatic rings. The molecule has 0 aliphatic carbocycles. The third-order valence-corrected chi connectivity index (χ3v) is 1.57. The molecule has 0 aliphatic heterocycles. The maximum atomic E-state index is 12.2. The molecule has 8 heteroatoms. The zero-order chi connectivity index (χ0) is 10.9. The van der Waals surface area contributed by atoms with Crippen molar-refractivity contribution in [2.75, 3.05) is 5.73 Å². The van der Waals surface area contributed by atoms with Crippen molar-refractivity contribution in [3.05, 3.63) is 17.8 Å². The van der Waals surface area contributed by atoms with E-state index in [0.717, 1.165) is 6.20 Å². The van der Waals surface area contributed by atoms with E-state index in [2.05, 4.69) is 4.98 Å². The topological polar surface area (TPSA) is 79.4 Å². The molecule has 0 amide bonds. The number of nitrogen functional groups attached to an aromatic ring is 1. The monoisotopic (exact) mass is 206 g/mol. The van der Waals surface area contributed by atoms with Crippen molar-refractivity contribution in [2.24, 2.45) is 0 Å². The van der Waals surface area contributed by atoms with Gasteiger partial charge in [0.15, 0.2) is 0 Å². The molecule has 1 heterocycles. The van der Waals surface area contributed by atoms with E-state index >= 15 is 0 Å². The second-order valence-corrected chi connectivity index (χ2v) is 2.53. The number of hydrogen-bond acceptors (Lipinski definition) is 4. The summed E-state index contributed by atoms with van der Waals surface area (Å²) in [5, 5.41) is 17.3. The molecule has 1 rings (SSSR count). The fourth-order valence-corrected chi connectivity index (χ4v) is 0.942. The second kappa shape index (κ2) is 3.47. The third-order valence-electron chi connectivity index (χ3n) is 1.57. The smallest absolute Gasteiger partial charge is 0.422 e. The zero-order valence-electron chi connectivity index (χ0n) is 6.78. The van der Waals surface area contributed by atoms with Crippen LogP contribution in [0.4, 0.5) is 18.9 Å². The first kappa shape index (κ1) is 10.8. The summed E-state index contributed by atoms with van der Waals surface area (Å²) in [5.41, 5.74) is 2.57. The van der Waals surface area contributed by atoms with E-state index in [9.17, 15) is 13.2 Å². The SMILES string of the molecule is Nc1c(C(F)(F)F)ccnc1B(O)O. The zero-order valence-corrected chi connectivity index (χ0v) is 6.78. The first-order valence-electron chi connectivity index (χ1n) is 3.51. The van der Waals surface area contributed by atoms with Gasteiger partial charge in [-0.1, -0.05) is 0 Å². The van der Waals surface area contributed by atoms with Crippen LogP contribution in [0.5, 0.6) is 0 Å². The number of alkyl halides is 3. The van der Waals surface area contributed by atoms with Crippen LogP contribution in [0.2, 0.25) is 0 Å². The number of pyridine rings is 1. The Labute approximate surface area is 77.3 Å². The Bertz CT molecular complexity index is 342. The fourth-order valence-electron chi connectivity index (χ4n) is 0.942. The van der Waals surface area contributed by atoms with Gasteiger partial charge in [-0.2, -0.15) is 13.2 Å². The van der Waals surface area contributed by atoms with Crippen molar-refractivity contribution in [1.82, 2.24) is 4.98 Å². The van der Waals surface area contributed by atoms with Crippen molar-refractivity contribution in [1.29, 1.82) is 0 Å². The molecule has 4 nitrogen and oxygen atoms in total. The molecule has 0 spiro atoms. The number of nitrogens with two attached hydrogens (primary N) is 1. The highest BCUT2D eigenvalue weighted by atomic mass is 19.4. The molecule has 1 aromatic heterocycles. The molecule has 0 bridgehead atoms. The largest absolute Gasteiger partial charge is 0.510 e. The molecule has 0 aromatic carbocycles. The van der Waals surface area contributed by atoms with E-state index in [-0.39, 0.29) is 0 Å². The summed E-state index contributed by atoms with van der Waals surface area (Å²) in [6, 6.07) is 0.668. The number of hydrogen-bond donors (Lipinski definition) is 3. The van der Waals surface area contributed by atoms with Crippen LogP contribution >= 0.6 is 0 Å². The summed E-state index contributed by atoms with van der Waals surface area (Å²) in [4.78, 5) is 3.33. The van der Waals surface area contributed by atoms with Gasteiger partial charge in [0, 0.05) is 6.20 Å². The average molecular weight is 206 g/mol. The molecule has 14 heavy (non-hydrogen) atoms. The molecule has 0 atom stereocenters. The molecule has 0 fully saturated rings. The third kappa shape index (κ3) is 1.96. The minimum absolute atomic E-state index is 0.597. The number of nitrogens with zero attached hydrogens (tertiary/aromatic N) is 1. The quantitative estimate of drug-likeness (QED) is 0.534. The Balaban J connectivity index is 3.28. The average Bonchev–Trinajstić information content (AvgIpc) is 2.01. The molecule has 0 aliphatic rings. The Morgan fingerprint density at radius 1 is 1.36 bits per heavy atom. The molecular formula is C6H6BF3N2O2. The van der Waals surface area contributed by atoms with E-state index in [1.54, 1.807) is 0 Å². The highest BCUT2D eigenvalue weighted by Gasteiger charge is 2.35. The lowest BCUT2D eigenvalue weighted by Gasteiger charge is -2.11. The standard InChI is InChI=1S/C6H6BF3N2O2/c8-6(9,10)3-1-2-12-5(4(3)11)7(13)14/h1-2,13-14H,11H2. The number of anilines is 1. The van der Waals surface area contributed by atoms with Crippen LogP contribution in [0.25, 0.3) is 0 Å². The lowest BCUT2D eigenvalue weighted by atomic mass is 9.83. The lowest BCUT2D eigenvalue weighted by Crippen LogP contribution is -2.36. The second-order valence-electron chi connectivity index (χ2n) is 2.53. The van der Waals surface area contributed by atoms with Crippen molar-refractivity contribution in [3.63, 3.8) is 0 Å². The predicted molar refractivity (Wildman–Crippen MR) is 43.5 cm³/mol. The van der Waals surface area contributed by atoms with Crippen LogP contribution in [0.3, 0.4) is 0 Å². The maximum absolute atomic E-state index is 12.2. The van der Waals surface area contributed by atoms with Gasteiger partial charge in [-0.25, -0.2) is 0 Å². The van der Waals surface area contributed by atoms with Gasteiger partial charge in [-0.05, 0) is 6.07 Å². The van der Waals surface area contributed by atoms with Crippen LogP contribution in [-0.2, 0) is 6.18 Å². The van der Waals surface area contributed by atoms with Crippen LogP contribution in [-0.4, -0.2) is 22.2 Å². The predicted octanol–water partition coefficient (Wildman–Crippen LogP) is -0.638. The van der Waals surface area contributed by atoms with Gasteiger partial charge < -0.3 is 15.8 Å². The van der Waals surface area contributed by atoms with Crippen LogP contribution in [0.1, 0.15) is 5.56 Å². The van der Waals surface area contributed by atoms with E-state index in [4.69, 9.17) is 15.8 Å². The van der Waals surface area contributed by atoms with Gasteiger partial charge in [0.1, 0.15) is 0 Å². The minimum Gasteiger partial charge on any atom is -0.422 e. The molecule has 0 saturated heterocycles. The van der Waals surface area contributed by atoms with E-state index in [1.807, 2.05) is 0 Å². The van der Waals surface area contributed by atoms with Crippen molar-refractivity contribution < 1.29 is 23.2 Å². The molecular weight excluding hydrogens is 200 g/mol. The van der Waals surface area contributed by atoms with Crippen molar-refractivity contribution >= 4 is 18.4 Å². The Kier molecular flexibility index (Phi) is 2.67. The van der Waals surface area contributed by atoms with Crippen LogP contribution in [0.15, 0.2) is 12.3 Å². The summed E-state index contributed by atoms with van der Waals surface area (Å²) in [6.07, 6.45) is -3.81. The Hall–Kier alpha value is -1.28. The summed E-state index contributed by atoms with van der Waals surface area (Å²) < 4.78 is 36.7. The Morgan fingerprint density at radius 2 is 1.93 bits per heavy atom. The first-order valence-corrected chi connectivity index (χ1v) is 3.51. The fraction of sp³-hybridized carbons (Fsp3) is 0.167. The lowest BCUT2D eigenvalue weighted by molar-refractivity contribution is -0.136. The summed E-state index contributed by atoms with van der Waals surface area (Å²) in [5.74, 6) is 0. The number of aromatic nitrogens is 1. The van der Waals surface area contributed by atoms with Gasteiger partial charge in [0.05, 0.1) is 16.8 Å². The first-order chi connectivity index (χ1) is 6.34.